The van der Waals surface area contributed by atoms with Gasteiger partial charge in [0.1, 0.15) is 0 Å². The summed E-state index contributed by atoms with van der Waals surface area (Å²) in [6.45, 7) is 7.59. The van der Waals surface area contributed by atoms with E-state index in [-0.39, 0.29) is 17.2 Å². The topological polar surface area (TPSA) is 55.1 Å². The molecule has 2 fully saturated rings. The van der Waals surface area contributed by atoms with E-state index in [1.165, 1.54) is 32.1 Å². The van der Waals surface area contributed by atoms with Gasteiger partial charge in [-0.3, -0.25) is 4.79 Å². The summed E-state index contributed by atoms with van der Waals surface area (Å²) < 4.78 is 0. The predicted octanol–water partition coefficient (Wildman–Crippen LogP) is 3.47. The van der Waals surface area contributed by atoms with Gasteiger partial charge in [-0.2, -0.15) is 0 Å². The van der Waals surface area contributed by atoms with E-state index in [0.29, 0.717) is 24.4 Å². The van der Waals surface area contributed by atoms with Gasteiger partial charge in [-0.15, -0.1) is 0 Å². The van der Waals surface area contributed by atoms with E-state index in [2.05, 4.69) is 26.1 Å². The molecule has 0 aliphatic heterocycles. The zero-order valence-corrected chi connectivity index (χ0v) is 14.2. The lowest BCUT2D eigenvalue weighted by atomic mass is 9.69. The van der Waals surface area contributed by atoms with Crippen molar-refractivity contribution in [1.82, 2.24) is 5.32 Å². The molecule has 2 rings (SSSR count). The summed E-state index contributed by atoms with van der Waals surface area (Å²) >= 11 is 0. The molecular weight excluding hydrogens is 260 g/mol. The first-order chi connectivity index (χ1) is 9.93. The molecule has 3 nitrogen and oxygen atoms in total. The number of amides is 1. The molecule has 1 amide bonds. The van der Waals surface area contributed by atoms with E-state index in [4.69, 9.17) is 5.73 Å². The zero-order valence-electron chi connectivity index (χ0n) is 14.2. The molecule has 0 aromatic heterocycles. The first-order valence-electron chi connectivity index (χ1n) is 8.94. The van der Waals surface area contributed by atoms with Gasteiger partial charge in [-0.05, 0) is 49.5 Å². The summed E-state index contributed by atoms with van der Waals surface area (Å²) in [7, 11) is 0. The third-order valence-electron chi connectivity index (χ3n) is 5.75. The van der Waals surface area contributed by atoms with E-state index in [0.717, 1.165) is 19.3 Å². The third kappa shape index (κ3) is 4.21. The fraction of sp³-hybridized carbons (Fsp3) is 0.944. The Labute approximate surface area is 130 Å². The Morgan fingerprint density at radius 3 is 2.33 bits per heavy atom. The lowest BCUT2D eigenvalue weighted by molar-refractivity contribution is -0.129. The van der Waals surface area contributed by atoms with Crippen molar-refractivity contribution in [3.8, 4) is 0 Å². The van der Waals surface area contributed by atoms with Gasteiger partial charge in [0.25, 0.3) is 0 Å². The van der Waals surface area contributed by atoms with Crippen molar-refractivity contribution < 1.29 is 4.79 Å². The van der Waals surface area contributed by atoms with Crippen molar-refractivity contribution in [3.63, 3.8) is 0 Å². The number of hydrogen-bond donors (Lipinski definition) is 2. The Morgan fingerprint density at radius 2 is 1.67 bits per heavy atom. The average molecular weight is 294 g/mol. The van der Waals surface area contributed by atoms with Crippen LogP contribution in [-0.2, 0) is 4.79 Å². The SMILES string of the molecule is CC(C)(C)C1CCCCC1NC(=O)C1CCCCC1CN. The maximum Gasteiger partial charge on any atom is 0.223 e. The molecule has 2 saturated carbocycles. The van der Waals surface area contributed by atoms with Gasteiger partial charge in [-0.1, -0.05) is 46.5 Å². The molecular formula is C18H34N2O. The molecule has 2 aliphatic rings. The first-order valence-corrected chi connectivity index (χ1v) is 8.94. The van der Waals surface area contributed by atoms with Crippen LogP contribution in [0.25, 0.3) is 0 Å². The molecule has 0 bridgehead atoms. The molecule has 0 heterocycles. The van der Waals surface area contributed by atoms with E-state index < -0.39 is 0 Å². The number of nitrogens with two attached hydrogens (primary N) is 1. The Hall–Kier alpha value is -0.570. The van der Waals surface area contributed by atoms with Crippen molar-refractivity contribution >= 4 is 5.91 Å². The first kappa shape index (κ1) is 16.8. The van der Waals surface area contributed by atoms with Crippen LogP contribution in [0.15, 0.2) is 0 Å². The van der Waals surface area contributed by atoms with Crippen LogP contribution < -0.4 is 11.1 Å². The van der Waals surface area contributed by atoms with Gasteiger partial charge >= 0.3 is 0 Å². The van der Waals surface area contributed by atoms with Crippen molar-refractivity contribution in [2.75, 3.05) is 6.54 Å². The Bertz CT molecular complexity index is 348. The normalized spacial score (nSPS) is 34.5. The van der Waals surface area contributed by atoms with Crippen LogP contribution in [0.4, 0.5) is 0 Å². The van der Waals surface area contributed by atoms with Gasteiger partial charge in [-0.25, -0.2) is 0 Å². The molecule has 0 saturated heterocycles. The lowest BCUT2D eigenvalue weighted by Gasteiger charge is -2.42. The predicted molar refractivity (Wildman–Crippen MR) is 87.8 cm³/mol. The highest BCUT2D eigenvalue weighted by molar-refractivity contribution is 5.79. The quantitative estimate of drug-likeness (QED) is 0.837. The van der Waals surface area contributed by atoms with Gasteiger partial charge in [0.2, 0.25) is 5.91 Å². The summed E-state index contributed by atoms with van der Waals surface area (Å²) in [6.07, 6.45) is 9.53. The van der Waals surface area contributed by atoms with E-state index >= 15 is 0 Å². The molecule has 3 heteroatoms. The molecule has 3 N–H and O–H groups in total. The van der Waals surface area contributed by atoms with E-state index in [9.17, 15) is 4.79 Å². The lowest BCUT2D eigenvalue weighted by Crippen LogP contribution is -2.50. The van der Waals surface area contributed by atoms with Crippen LogP contribution in [0, 0.1) is 23.2 Å². The minimum Gasteiger partial charge on any atom is -0.353 e. The highest BCUT2D eigenvalue weighted by Gasteiger charge is 2.37. The van der Waals surface area contributed by atoms with Gasteiger partial charge in [0, 0.05) is 12.0 Å². The summed E-state index contributed by atoms with van der Waals surface area (Å²) in [5.74, 6) is 1.45. The van der Waals surface area contributed by atoms with Gasteiger partial charge in [0.05, 0.1) is 0 Å². The van der Waals surface area contributed by atoms with Crippen molar-refractivity contribution in [1.29, 1.82) is 0 Å². The van der Waals surface area contributed by atoms with Gasteiger partial charge in [0.15, 0.2) is 0 Å². The Morgan fingerprint density at radius 1 is 1.05 bits per heavy atom. The van der Waals surface area contributed by atoms with Crippen LogP contribution in [0.3, 0.4) is 0 Å². The maximum absolute atomic E-state index is 12.7. The second-order valence-corrected chi connectivity index (χ2v) is 8.26. The van der Waals surface area contributed by atoms with Crippen LogP contribution >= 0.6 is 0 Å². The molecule has 122 valence electrons. The molecule has 0 aromatic carbocycles. The summed E-state index contributed by atoms with van der Waals surface area (Å²) in [5.41, 5.74) is 6.16. The minimum atomic E-state index is 0.159. The third-order valence-corrected chi connectivity index (χ3v) is 5.75. The van der Waals surface area contributed by atoms with E-state index in [1.54, 1.807) is 0 Å². The smallest absolute Gasteiger partial charge is 0.223 e. The monoisotopic (exact) mass is 294 g/mol. The summed E-state index contributed by atoms with van der Waals surface area (Å²) in [4.78, 5) is 12.7. The minimum absolute atomic E-state index is 0.159. The second kappa shape index (κ2) is 7.13. The van der Waals surface area contributed by atoms with Crippen LogP contribution in [0.2, 0.25) is 0 Å². The number of carbonyl (C=O) groups is 1. The maximum atomic E-state index is 12.7. The standard InChI is InChI=1S/C18H34N2O/c1-18(2,3)15-10-6-7-11-16(15)20-17(21)14-9-5-4-8-13(14)12-19/h13-16H,4-12,19H2,1-3H3,(H,20,21). The Kier molecular flexibility index (Phi) is 5.70. The summed E-state index contributed by atoms with van der Waals surface area (Å²) in [6, 6.07) is 0.367. The molecule has 2 aliphatic carbocycles. The van der Waals surface area contributed by atoms with Crippen molar-refractivity contribution in [2.24, 2.45) is 28.9 Å². The van der Waals surface area contributed by atoms with Crippen molar-refractivity contribution in [2.45, 2.75) is 78.2 Å². The molecule has 4 atom stereocenters. The summed E-state index contributed by atoms with van der Waals surface area (Å²) in [5, 5.41) is 3.42. The van der Waals surface area contributed by atoms with Crippen LogP contribution in [0.1, 0.15) is 72.1 Å². The fourth-order valence-electron chi connectivity index (χ4n) is 4.46. The Balaban J connectivity index is 1.99. The fourth-order valence-corrected chi connectivity index (χ4v) is 4.46. The molecule has 0 radical (unpaired) electrons. The van der Waals surface area contributed by atoms with Gasteiger partial charge < -0.3 is 11.1 Å². The largest absolute Gasteiger partial charge is 0.353 e. The number of carbonyl (C=O) groups excluding carboxylic acids is 1. The highest BCUT2D eigenvalue weighted by Crippen LogP contribution is 2.38. The van der Waals surface area contributed by atoms with E-state index in [1.807, 2.05) is 0 Å². The molecule has 0 aromatic rings. The molecule has 4 unspecified atom stereocenters. The second-order valence-electron chi connectivity index (χ2n) is 8.26. The van der Waals surface area contributed by atoms with Crippen LogP contribution in [0.5, 0.6) is 0 Å². The number of rotatable bonds is 3. The van der Waals surface area contributed by atoms with Crippen molar-refractivity contribution in [3.05, 3.63) is 0 Å². The average Bonchev–Trinajstić information content (AvgIpc) is 2.46. The molecule has 21 heavy (non-hydrogen) atoms. The molecule has 0 spiro atoms. The number of hydrogen-bond acceptors (Lipinski definition) is 2. The zero-order chi connectivity index (χ0) is 15.5. The highest BCUT2D eigenvalue weighted by atomic mass is 16.2. The number of nitrogens with one attached hydrogen (secondary N) is 1. The van der Waals surface area contributed by atoms with Crippen LogP contribution in [-0.4, -0.2) is 18.5 Å².